The molecule has 1 heterocycles. The lowest BCUT2D eigenvalue weighted by Crippen LogP contribution is -2.34. The van der Waals surface area contributed by atoms with Crippen LogP contribution in [0.5, 0.6) is 0 Å². The van der Waals surface area contributed by atoms with E-state index in [1.54, 1.807) is 6.92 Å². The molecular formula is C13H15ClN2O2. The summed E-state index contributed by atoms with van der Waals surface area (Å²) in [6.45, 7) is 2.08. The van der Waals surface area contributed by atoms with Gasteiger partial charge in [-0.3, -0.25) is 4.79 Å². The number of carbonyl (C=O) groups excluding carboxylic acids is 1. The van der Waals surface area contributed by atoms with Crippen molar-refractivity contribution in [3.63, 3.8) is 0 Å². The second-order valence-electron chi connectivity index (χ2n) is 4.03. The van der Waals surface area contributed by atoms with Gasteiger partial charge in [0.25, 0.3) is 0 Å². The molecule has 96 valence electrons. The Hall–Kier alpha value is -1.52. The molecule has 1 atom stereocenters. The summed E-state index contributed by atoms with van der Waals surface area (Å²) >= 11 is 6.13. The number of nitrogens with two attached hydrogens (primary N) is 1. The number of aromatic nitrogens is 1. The number of esters is 1. The number of hydrogen-bond acceptors (Lipinski definition) is 3. The van der Waals surface area contributed by atoms with Gasteiger partial charge in [0.2, 0.25) is 0 Å². The predicted molar refractivity (Wildman–Crippen MR) is 71.6 cm³/mol. The van der Waals surface area contributed by atoms with Gasteiger partial charge in [0.1, 0.15) is 11.2 Å². The zero-order valence-corrected chi connectivity index (χ0v) is 10.8. The molecular weight excluding hydrogens is 252 g/mol. The number of ether oxygens (including phenoxy) is 1. The third-order valence-electron chi connectivity index (χ3n) is 2.77. The molecule has 0 aliphatic rings. The number of rotatable bonds is 4. The average molecular weight is 267 g/mol. The number of nitrogens with one attached hydrogen (secondary N) is 1. The van der Waals surface area contributed by atoms with Crippen LogP contribution in [-0.4, -0.2) is 23.6 Å². The number of fused-ring (bicyclic) bond motifs is 1. The highest BCUT2D eigenvalue weighted by atomic mass is 35.5. The molecule has 0 amide bonds. The topological polar surface area (TPSA) is 68.1 Å². The maximum Gasteiger partial charge on any atom is 0.323 e. The van der Waals surface area contributed by atoms with Crippen molar-refractivity contribution in [2.75, 3.05) is 6.61 Å². The summed E-state index contributed by atoms with van der Waals surface area (Å²) in [6, 6.07) is 7.03. The number of halogens is 1. The fraction of sp³-hybridized carbons (Fsp3) is 0.308. The van der Waals surface area contributed by atoms with Gasteiger partial charge in [0, 0.05) is 17.3 Å². The summed E-state index contributed by atoms with van der Waals surface area (Å²) in [4.78, 5) is 14.6. The van der Waals surface area contributed by atoms with Crippen LogP contribution in [0.25, 0.3) is 10.9 Å². The van der Waals surface area contributed by atoms with Gasteiger partial charge in [0.15, 0.2) is 0 Å². The van der Waals surface area contributed by atoms with Gasteiger partial charge in [-0.15, -0.1) is 0 Å². The van der Waals surface area contributed by atoms with E-state index in [9.17, 15) is 4.79 Å². The average Bonchev–Trinajstić information content (AvgIpc) is 2.66. The monoisotopic (exact) mass is 266 g/mol. The van der Waals surface area contributed by atoms with E-state index < -0.39 is 12.0 Å². The first kappa shape index (κ1) is 12.9. The molecule has 0 saturated heterocycles. The minimum absolute atomic E-state index is 0.328. The molecule has 18 heavy (non-hydrogen) atoms. The Morgan fingerprint density at radius 1 is 1.50 bits per heavy atom. The van der Waals surface area contributed by atoms with Crippen LogP contribution < -0.4 is 5.73 Å². The summed E-state index contributed by atoms with van der Waals surface area (Å²) in [7, 11) is 0. The minimum Gasteiger partial charge on any atom is -0.465 e. The highest BCUT2D eigenvalue weighted by Crippen LogP contribution is 2.26. The van der Waals surface area contributed by atoms with E-state index in [-0.39, 0.29) is 0 Å². The maximum atomic E-state index is 11.5. The van der Waals surface area contributed by atoms with Crippen LogP contribution in [0.2, 0.25) is 5.15 Å². The van der Waals surface area contributed by atoms with Gasteiger partial charge in [-0.1, -0.05) is 29.8 Å². The number of H-pyrrole nitrogens is 1. The van der Waals surface area contributed by atoms with Crippen molar-refractivity contribution < 1.29 is 9.53 Å². The summed E-state index contributed by atoms with van der Waals surface area (Å²) in [5.41, 5.74) is 7.60. The van der Waals surface area contributed by atoms with Crippen molar-refractivity contribution in [1.29, 1.82) is 0 Å². The lowest BCUT2D eigenvalue weighted by Gasteiger charge is -2.10. The highest BCUT2D eigenvalue weighted by molar-refractivity contribution is 6.31. The van der Waals surface area contributed by atoms with Gasteiger partial charge in [-0.2, -0.15) is 0 Å². The minimum atomic E-state index is -0.693. The number of aromatic amines is 1. The van der Waals surface area contributed by atoms with Crippen molar-refractivity contribution in [3.8, 4) is 0 Å². The number of carbonyl (C=O) groups is 1. The van der Waals surface area contributed by atoms with Crippen molar-refractivity contribution in [1.82, 2.24) is 4.98 Å². The van der Waals surface area contributed by atoms with Crippen molar-refractivity contribution in [2.24, 2.45) is 5.73 Å². The SMILES string of the molecule is CCOC(=O)C(N)Cc1c(Cl)[nH]c2ccccc12. The Kier molecular flexibility index (Phi) is 3.89. The molecule has 0 saturated carbocycles. The van der Waals surface area contributed by atoms with E-state index in [0.29, 0.717) is 18.2 Å². The number of hydrogen-bond donors (Lipinski definition) is 2. The Morgan fingerprint density at radius 2 is 2.22 bits per heavy atom. The molecule has 0 bridgehead atoms. The van der Waals surface area contributed by atoms with Crippen molar-refractivity contribution >= 4 is 28.5 Å². The van der Waals surface area contributed by atoms with Crippen LogP contribution in [0.1, 0.15) is 12.5 Å². The molecule has 2 rings (SSSR count). The van der Waals surface area contributed by atoms with Gasteiger partial charge in [-0.05, 0) is 18.6 Å². The summed E-state index contributed by atoms with van der Waals surface area (Å²) in [5.74, 6) is -0.404. The molecule has 0 aliphatic heterocycles. The molecule has 5 heteroatoms. The highest BCUT2D eigenvalue weighted by Gasteiger charge is 2.19. The molecule has 0 radical (unpaired) electrons. The van der Waals surface area contributed by atoms with Gasteiger partial charge >= 0.3 is 5.97 Å². The summed E-state index contributed by atoms with van der Waals surface area (Å²) in [6.07, 6.45) is 0.363. The lowest BCUT2D eigenvalue weighted by atomic mass is 10.1. The Bertz CT molecular complexity index is 565. The lowest BCUT2D eigenvalue weighted by molar-refractivity contribution is -0.144. The van der Waals surface area contributed by atoms with E-state index in [4.69, 9.17) is 22.1 Å². The Morgan fingerprint density at radius 3 is 2.94 bits per heavy atom. The van der Waals surface area contributed by atoms with Gasteiger partial charge in [-0.25, -0.2) is 0 Å². The van der Waals surface area contributed by atoms with E-state index in [1.807, 2.05) is 24.3 Å². The summed E-state index contributed by atoms with van der Waals surface area (Å²) in [5, 5.41) is 1.51. The zero-order chi connectivity index (χ0) is 13.1. The van der Waals surface area contributed by atoms with Crippen LogP contribution >= 0.6 is 11.6 Å². The maximum absolute atomic E-state index is 11.5. The normalized spacial score (nSPS) is 12.6. The van der Waals surface area contributed by atoms with Gasteiger partial charge in [0.05, 0.1) is 6.61 Å². The molecule has 1 aromatic heterocycles. The first-order valence-corrected chi connectivity index (χ1v) is 6.18. The van der Waals surface area contributed by atoms with Crippen LogP contribution in [0.15, 0.2) is 24.3 Å². The van der Waals surface area contributed by atoms with Crippen molar-refractivity contribution in [2.45, 2.75) is 19.4 Å². The summed E-state index contributed by atoms with van der Waals surface area (Å²) < 4.78 is 4.89. The van der Waals surface area contributed by atoms with Crippen LogP contribution in [0, 0.1) is 0 Å². The van der Waals surface area contributed by atoms with Crippen LogP contribution in [0.4, 0.5) is 0 Å². The zero-order valence-electron chi connectivity index (χ0n) is 10.1. The molecule has 4 nitrogen and oxygen atoms in total. The van der Waals surface area contributed by atoms with Crippen molar-refractivity contribution in [3.05, 3.63) is 35.0 Å². The standard InChI is InChI=1S/C13H15ClN2O2/c1-2-18-13(17)10(15)7-9-8-5-3-4-6-11(8)16-12(9)14/h3-6,10,16H,2,7,15H2,1H3. The first-order chi connectivity index (χ1) is 8.63. The first-order valence-electron chi connectivity index (χ1n) is 5.80. The third kappa shape index (κ3) is 2.49. The van der Waals surface area contributed by atoms with Crippen LogP contribution in [0.3, 0.4) is 0 Å². The number of para-hydroxylation sites is 1. The predicted octanol–water partition coefficient (Wildman–Crippen LogP) is 2.25. The molecule has 3 N–H and O–H groups in total. The Balaban J connectivity index is 2.26. The largest absolute Gasteiger partial charge is 0.465 e. The third-order valence-corrected chi connectivity index (χ3v) is 3.10. The molecule has 1 aromatic carbocycles. The molecule has 0 aliphatic carbocycles. The van der Waals surface area contributed by atoms with Crippen LogP contribution in [-0.2, 0) is 16.0 Å². The van der Waals surface area contributed by atoms with E-state index in [0.717, 1.165) is 16.5 Å². The van der Waals surface area contributed by atoms with Gasteiger partial charge < -0.3 is 15.5 Å². The second-order valence-corrected chi connectivity index (χ2v) is 4.40. The fourth-order valence-electron chi connectivity index (χ4n) is 1.92. The van der Waals surface area contributed by atoms with E-state index >= 15 is 0 Å². The smallest absolute Gasteiger partial charge is 0.323 e. The van der Waals surface area contributed by atoms with E-state index in [2.05, 4.69) is 4.98 Å². The van der Waals surface area contributed by atoms with E-state index in [1.165, 1.54) is 0 Å². The molecule has 1 unspecified atom stereocenters. The molecule has 2 aromatic rings. The number of benzene rings is 1. The molecule has 0 fully saturated rings. The quantitative estimate of drug-likeness (QED) is 0.834. The molecule has 0 spiro atoms. The second kappa shape index (κ2) is 5.42. The Labute approximate surface area is 110 Å². The fourth-order valence-corrected chi connectivity index (χ4v) is 2.20.